The van der Waals surface area contributed by atoms with Gasteiger partial charge in [0.05, 0.1) is 6.61 Å². The summed E-state index contributed by atoms with van der Waals surface area (Å²) in [6.45, 7) is -0.739. The number of aliphatic carboxylic acids is 1. The van der Waals surface area contributed by atoms with E-state index < -0.39 is 25.0 Å². The summed E-state index contributed by atoms with van der Waals surface area (Å²) in [7, 11) is 0. The monoisotopic (exact) mass is 187 g/mol. The summed E-state index contributed by atoms with van der Waals surface area (Å²) < 4.78 is 37.2. The Morgan fingerprint density at radius 2 is 2.08 bits per heavy atom. The van der Waals surface area contributed by atoms with Crippen LogP contribution in [0.2, 0.25) is 0 Å². The summed E-state index contributed by atoms with van der Waals surface area (Å²) in [5.41, 5.74) is 4.90. The topological polar surface area (TPSA) is 72.5 Å². The molecule has 0 fully saturated rings. The molecule has 0 saturated heterocycles. The largest absolute Gasteiger partial charge is 0.522 e. The molecule has 0 spiro atoms. The zero-order chi connectivity index (χ0) is 9.78. The van der Waals surface area contributed by atoms with Gasteiger partial charge in [-0.05, 0) is 6.42 Å². The van der Waals surface area contributed by atoms with Crippen molar-refractivity contribution in [2.75, 3.05) is 6.61 Å². The lowest BCUT2D eigenvalue weighted by Gasteiger charge is -2.08. The van der Waals surface area contributed by atoms with E-state index in [1.807, 2.05) is 0 Å². The number of carboxylic acid groups (broad SMARTS) is 1. The van der Waals surface area contributed by atoms with Gasteiger partial charge in [0.15, 0.2) is 0 Å². The highest BCUT2D eigenvalue weighted by molar-refractivity contribution is 5.72. The van der Waals surface area contributed by atoms with E-state index in [9.17, 15) is 18.0 Å². The van der Waals surface area contributed by atoms with Gasteiger partial charge in [-0.3, -0.25) is 9.53 Å². The van der Waals surface area contributed by atoms with Crippen LogP contribution in [-0.2, 0) is 9.53 Å². The smallest absolute Gasteiger partial charge is 0.480 e. The maximum atomic E-state index is 11.3. The van der Waals surface area contributed by atoms with Crippen LogP contribution in [0.1, 0.15) is 6.42 Å². The molecule has 0 aliphatic carbocycles. The summed E-state index contributed by atoms with van der Waals surface area (Å²) in [4.78, 5) is 9.99. The van der Waals surface area contributed by atoms with Crippen LogP contribution in [0.4, 0.5) is 13.2 Å². The van der Waals surface area contributed by atoms with E-state index in [-0.39, 0.29) is 6.42 Å². The molecule has 0 aromatic rings. The summed E-state index contributed by atoms with van der Waals surface area (Å²) in [5, 5.41) is 8.15. The molecule has 0 saturated carbocycles. The molecule has 0 amide bonds. The van der Waals surface area contributed by atoms with Gasteiger partial charge in [0.25, 0.3) is 0 Å². The molecule has 0 unspecified atom stereocenters. The Hall–Kier alpha value is -0.820. The first kappa shape index (κ1) is 11.2. The zero-order valence-electron chi connectivity index (χ0n) is 5.97. The normalized spacial score (nSPS) is 14.3. The predicted molar refractivity (Wildman–Crippen MR) is 32.2 cm³/mol. The van der Waals surface area contributed by atoms with Gasteiger partial charge in [0, 0.05) is 0 Å². The summed E-state index contributed by atoms with van der Waals surface area (Å²) in [6.07, 6.45) is -5.09. The number of rotatable bonds is 4. The average Bonchev–Trinajstić information content (AvgIpc) is 1.84. The minimum Gasteiger partial charge on any atom is -0.480 e. The quantitative estimate of drug-likeness (QED) is 0.664. The Bertz CT molecular complexity index is 159. The average molecular weight is 187 g/mol. The number of halogens is 3. The zero-order valence-corrected chi connectivity index (χ0v) is 5.97. The van der Waals surface area contributed by atoms with Crippen LogP contribution < -0.4 is 5.73 Å². The van der Waals surface area contributed by atoms with Crippen molar-refractivity contribution in [2.45, 2.75) is 18.8 Å². The molecule has 4 nitrogen and oxygen atoms in total. The number of carboxylic acids is 1. The molecule has 12 heavy (non-hydrogen) atoms. The first-order valence-corrected chi connectivity index (χ1v) is 3.02. The van der Waals surface area contributed by atoms with Crippen molar-refractivity contribution in [1.29, 1.82) is 0 Å². The molecule has 0 aromatic carbocycles. The van der Waals surface area contributed by atoms with Crippen LogP contribution in [0.25, 0.3) is 0 Å². The van der Waals surface area contributed by atoms with E-state index >= 15 is 0 Å². The van der Waals surface area contributed by atoms with Crippen molar-refractivity contribution in [3.63, 3.8) is 0 Å². The molecule has 0 rings (SSSR count). The molecule has 0 heterocycles. The molecule has 0 aliphatic heterocycles. The third-order valence-corrected chi connectivity index (χ3v) is 1.01. The second-order valence-corrected chi connectivity index (χ2v) is 2.03. The molecule has 0 aliphatic rings. The van der Waals surface area contributed by atoms with Crippen molar-refractivity contribution in [1.82, 2.24) is 0 Å². The number of nitrogens with two attached hydrogens (primary N) is 1. The van der Waals surface area contributed by atoms with Gasteiger partial charge >= 0.3 is 12.3 Å². The van der Waals surface area contributed by atoms with Crippen molar-refractivity contribution in [3.8, 4) is 0 Å². The van der Waals surface area contributed by atoms with E-state index in [0.717, 1.165) is 0 Å². The van der Waals surface area contributed by atoms with Crippen LogP contribution in [0.15, 0.2) is 0 Å². The molecule has 0 bridgehead atoms. The minimum atomic E-state index is -4.72. The maximum Gasteiger partial charge on any atom is 0.522 e. The molecule has 72 valence electrons. The Balaban J connectivity index is 3.51. The molecular weight excluding hydrogens is 179 g/mol. The van der Waals surface area contributed by atoms with Gasteiger partial charge < -0.3 is 10.8 Å². The predicted octanol–water partition coefficient (Wildman–Crippen LogP) is 0.325. The Kier molecular flexibility index (Phi) is 3.98. The van der Waals surface area contributed by atoms with Crippen molar-refractivity contribution >= 4 is 5.97 Å². The van der Waals surface area contributed by atoms with Gasteiger partial charge in [-0.25, -0.2) is 0 Å². The highest BCUT2D eigenvalue weighted by atomic mass is 19.4. The number of hydrogen-bond acceptors (Lipinski definition) is 3. The molecule has 3 N–H and O–H groups in total. The van der Waals surface area contributed by atoms with Crippen molar-refractivity contribution in [2.24, 2.45) is 5.73 Å². The lowest BCUT2D eigenvalue weighted by atomic mass is 10.2. The van der Waals surface area contributed by atoms with Gasteiger partial charge in [0.2, 0.25) is 0 Å². The third kappa shape index (κ3) is 5.93. The Morgan fingerprint density at radius 1 is 1.58 bits per heavy atom. The molecule has 1 atom stereocenters. The van der Waals surface area contributed by atoms with Gasteiger partial charge in [-0.1, -0.05) is 0 Å². The van der Waals surface area contributed by atoms with Gasteiger partial charge in [0.1, 0.15) is 6.04 Å². The standard InChI is InChI=1S/C5H8F3NO3/c6-5(7,8)12-2-1-3(9)4(10)11/h3H,1-2,9H2,(H,10,11)/t3-/m0/s1. The summed E-state index contributed by atoms with van der Waals surface area (Å²) in [5.74, 6) is -1.35. The maximum absolute atomic E-state index is 11.3. The van der Waals surface area contributed by atoms with Crippen molar-refractivity contribution < 1.29 is 27.8 Å². The van der Waals surface area contributed by atoms with E-state index in [1.165, 1.54) is 0 Å². The highest BCUT2D eigenvalue weighted by Crippen LogP contribution is 2.16. The Morgan fingerprint density at radius 3 is 2.42 bits per heavy atom. The Labute approximate surface area is 66.1 Å². The molecule has 0 aromatic heterocycles. The van der Waals surface area contributed by atoms with E-state index in [4.69, 9.17) is 10.8 Å². The lowest BCUT2D eigenvalue weighted by Crippen LogP contribution is -2.32. The van der Waals surface area contributed by atoms with Gasteiger partial charge in [-0.15, -0.1) is 13.2 Å². The number of carbonyl (C=O) groups is 1. The van der Waals surface area contributed by atoms with Crippen molar-refractivity contribution in [3.05, 3.63) is 0 Å². The van der Waals surface area contributed by atoms with Crippen LogP contribution in [-0.4, -0.2) is 30.1 Å². The molecule has 0 radical (unpaired) electrons. The van der Waals surface area contributed by atoms with E-state index in [1.54, 1.807) is 0 Å². The third-order valence-electron chi connectivity index (χ3n) is 1.01. The highest BCUT2D eigenvalue weighted by Gasteiger charge is 2.29. The van der Waals surface area contributed by atoms with Crippen LogP contribution in [0, 0.1) is 0 Å². The van der Waals surface area contributed by atoms with E-state index in [2.05, 4.69) is 4.74 Å². The molecular formula is C5H8F3NO3. The number of ether oxygens (including phenoxy) is 1. The fraction of sp³-hybridized carbons (Fsp3) is 0.800. The summed E-state index contributed by atoms with van der Waals surface area (Å²) in [6, 6.07) is -1.31. The van der Waals surface area contributed by atoms with Gasteiger partial charge in [-0.2, -0.15) is 0 Å². The SMILES string of the molecule is N[C@@H](CCOC(F)(F)F)C(=O)O. The lowest BCUT2D eigenvalue weighted by molar-refractivity contribution is -0.324. The fourth-order valence-corrected chi connectivity index (χ4v) is 0.425. The molecule has 7 heteroatoms. The second-order valence-electron chi connectivity index (χ2n) is 2.03. The second kappa shape index (κ2) is 4.27. The van der Waals surface area contributed by atoms with Crippen LogP contribution in [0.5, 0.6) is 0 Å². The van der Waals surface area contributed by atoms with Crippen LogP contribution in [0.3, 0.4) is 0 Å². The number of hydrogen-bond donors (Lipinski definition) is 2. The van der Waals surface area contributed by atoms with Crippen LogP contribution >= 0.6 is 0 Å². The first-order valence-electron chi connectivity index (χ1n) is 3.02. The van der Waals surface area contributed by atoms with E-state index in [0.29, 0.717) is 0 Å². The fourth-order valence-electron chi connectivity index (χ4n) is 0.425. The first-order chi connectivity index (χ1) is 5.33. The minimum absolute atomic E-state index is 0.366. The number of alkyl halides is 3. The summed E-state index contributed by atoms with van der Waals surface area (Å²) >= 11 is 0.